The quantitative estimate of drug-likeness (QED) is 0.252. The molecule has 2 aromatic rings. The van der Waals surface area contributed by atoms with Gasteiger partial charge in [0.2, 0.25) is 0 Å². The minimum absolute atomic E-state index is 0.0215. The average Bonchev–Trinajstić information content (AvgIpc) is 2.76. The molecular weight excluding hydrogens is 438 g/mol. The molecule has 2 aromatic carbocycles. The van der Waals surface area contributed by atoms with Crippen LogP contribution in [0.5, 0.6) is 0 Å². The monoisotopic (exact) mass is 473 g/mol. The summed E-state index contributed by atoms with van der Waals surface area (Å²) in [5, 5.41) is 23.5. The Kier molecular flexibility index (Phi) is 9.40. The fraction of sp³-hybridized carbons (Fsp3) is 0.480. The minimum Gasteiger partial charge on any atom is -0.458 e. The Labute approximate surface area is 200 Å². The molecular formula is C25H35N3O6. The summed E-state index contributed by atoms with van der Waals surface area (Å²) in [6.07, 6.45) is -1.44. The molecule has 0 aromatic heterocycles. The average molecular weight is 474 g/mol. The summed E-state index contributed by atoms with van der Waals surface area (Å²) in [5.74, 6) is -1.60. The first-order chi connectivity index (χ1) is 15.9. The number of hydrogen-bond acceptors (Lipinski definition) is 6. The largest absolute Gasteiger partial charge is 0.458 e. The molecule has 2 atom stereocenters. The summed E-state index contributed by atoms with van der Waals surface area (Å²) in [6, 6.07) is 11.9. The zero-order valence-corrected chi connectivity index (χ0v) is 20.4. The number of nitrogens with one attached hydrogen (secondary N) is 2. The Morgan fingerprint density at radius 2 is 1.68 bits per heavy atom. The van der Waals surface area contributed by atoms with Crippen molar-refractivity contribution in [2.45, 2.75) is 58.8 Å². The smallest absolute Gasteiger partial charge is 0.329 e. The van der Waals surface area contributed by atoms with E-state index < -0.39 is 35.7 Å². The van der Waals surface area contributed by atoms with Crippen molar-refractivity contribution in [3.63, 3.8) is 0 Å². The van der Waals surface area contributed by atoms with Gasteiger partial charge in [-0.2, -0.15) is 0 Å². The summed E-state index contributed by atoms with van der Waals surface area (Å²) in [6.45, 7) is 8.85. The number of carbonyl (C=O) groups excluding carboxylic acids is 3. The number of fused-ring (bicyclic) bond motifs is 1. The Hall–Kier alpha value is -3.17. The lowest BCUT2D eigenvalue weighted by Gasteiger charge is -2.30. The van der Waals surface area contributed by atoms with Crippen molar-refractivity contribution >= 4 is 28.7 Å². The Bertz CT molecular complexity index is 996. The topological polar surface area (TPSA) is 128 Å². The molecule has 0 aliphatic heterocycles. The number of ether oxygens (including phenoxy) is 1. The molecule has 2 rings (SSSR count). The zero-order chi connectivity index (χ0) is 25.5. The number of amides is 3. The van der Waals surface area contributed by atoms with Gasteiger partial charge in [0.15, 0.2) is 6.10 Å². The molecule has 34 heavy (non-hydrogen) atoms. The highest BCUT2D eigenvalue weighted by Crippen LogP contribution is 2.21. The van der Waals surface area contributed by atoms with Gasteiger partial charge in [-0.25, -0.2) is 15.1 Å². The summed E-state index contributed by atoms with van der Waals surface area (Å²) < 4.78 is 5.56. The van der Waals surface area contributed by atoms with Gasteiger partial charge in [-0.15, -0.1) is 0 Å². The van der Waals surface area contributed by atoms with Crippen LogP contribution >= 0.6 is 0 Å². The molecule has 0 fully saturated rings. The number of esters is 1. The van der Waals surface area contributed by atoms with E-state index in [9.17, 15) is 19.5 Å². The van der Waals surface area contributed by atoms with E-state index in [1.54, 1.807) is 20.8 Å². The molecule has 0 saturated carbocycles. The van der Waals surface area contributed by atoms with E-state index in [1.165, 1.54) is 10.4 Å². The number of benzene rings is 2. The SMILES string of the molecule is CC(C)CN(CC(O)C(=O)NO)C(=O)N[C@@H](Cc1cccc2ccccc12)C(=O)OC(C)(C)C. The highest BCUT2D eigenvalue weighted by molar-refractivity contribution is 5.88. The molecule has 0 spiro atoms. The number of urea groups is 1. The first-order valence-corrected chi connectivity index (χ1v) is 11.3. The van der Waals surface area contributed by atoms with Crippen molar-refractivity contribution in [1.29, 1.82) is 0 Å². The van der Waals surface area contributed by atoms with Gasteiger partial charge in [-0.1, -0.05) is 56.3 Å². The minimum atomic E-state index is -1.63. The lowest BCUT2D eigenvalue weighted by molar-refractivity contribution is -0.157. The van der Waals surface area contributed by atoms with Crippen molar-refractivity contribution in [2.75, 3.05) is 13.1 Å². The number of nitrogens with zero attached hydrogens (tertiary/aromatic N) is 1. The van der Waals surface area contributed by atoms with Crippen molar-refractivity contribution in [2.24, 2.45) is 5.92 Å². The van der Waals surface area contributed by atoms with E-state index in [-0.39, 0.29) is 25.4 Å². The molecule has 186 valence electrons. The molecule has 0 aliphatic carbocycles. The molecule has 1 unspecified atom stereocenters. The van der Waals surface area contributed by atoms with E-state index in [1.807, 2.05) is 56.3 Å². The lowest BCUT2D eigenvalue weighted by Crippen LogP contribution is -2.54. The van der Waals surface area contributed by atoms with Crippen LogP contribution in [0.3, 0.4) is 0 Å². The Balaban J connectivity index is 2.32. The fourth-order valence-corrected chi connectivity index (χ4v) is 3.54. The van der Waals surface area contributed by atoms with Crippen LogP contribution < -0.4 is 10.8 Å². The Morgan fingerprint density at radius 1 is 1.03 bits per heavy atom. The highest BCUT2D eigenvalue weighted by Gasteiger charge is 2.30. The van der Waals surface area contributed by atoms with Crippen molar-refractivity contribution < 1.29 is 29.4 Å². The summed E-state index contributed by atoms with van der Waals surface area (Å²) in [5.41, 5.74) is 1.48. The second-order valence-electron chi connectivity index (χ2n) is 9.67. The van der Waals surface area contributed by atoms with Gasteiger partial charge < -0.3 is 20.1 Å². The number of aliphatic hydroxyl groups excluding tert-OH is 1. The molecule has 0 heterocycles. The summed E-state index contributed by atoms with van der Waals surface area (Å²) in [7, 11) is 0. The normalized spacial score (nSPS) is 13.3. The van der Waals surface area contributed by atoms with Crippen LogP contribution in [0.25, 0.3) is 10.8 Å². The predicted octanol–water partition coefficient (Wildman–Crippen LogP) is 2.63. The van der Waals surface area contributed by atoms with Crippen LogP contribution in [0, 0.1) is 5.92 Å². The van der Waals surface area contributed by atoms with Gasteiger partial charge in [0.1, 0.15) is 11.6 Å². The van der Waals surface area contributed by atoms with Crippen LogP contribution in [0.2, 0.25) is 0 Å². The summed E-state index contributed by atoms with van der Waals surface area (Å²) in [4.78, 5) is 39.0. The third-order valence-electron chi connectivity index (χ3n) is 4.97. The highest BCUT2D eigenvalue weighted by atomic mass is 16.6. The van der Waals surface area contributed by atoms with Crippen molar-refractivity contribution in [3.05, 3.63) is 48.0 Å². The summed E-state index contributed by atoms with van der Waals surface area (Å²) >= 11 is 0. The third kappa shape index (κ3) is 8.00. The number of carbonyl (C=O) groups is 3. The van der Waals surface area contributed by atoms with E-state index in [0.29, 0.717) is 0 Å². The molecule has 0 bridgehead atoms. The number of hydrogen-bond donors (Lipinski definition) is 4. The van der Waals surface area contributed by atoms with Crippen molar-refractivity contribution in [1.82, 2.24) is 15.7 Å². The predicted molar refractivity (Wildman–Crippen MR) is 128 cm³/mol. The maximum Gasteiger partial charge on any atom is 0.329 e. The maximum absolute atomic E-state index is 13.2. The number of aliphatic hydroxyl groups is 1. The lowest BCUT2D eigenvalue weighted by atomic mass is 9.98. The standard InChI is InChI=1S/C25H35N3O6/c1-16(2)14-28(15-21(29)22(30)27-33)24(32)26-20(23(31)34-25(3,4)5)13-18-11-8-10-17-9-6-7-12-19(17)18/h6-12,16,20-21,29,33H,13-15H2,1-5H3,(H,26,32)(H,27,30)/t20-,21?/m0/s1. The Morgan fingerprint density at radius 3 is 2.29 bits per heavy atom. The molecule has 4 N–H and O–H groups in total. The van der Waals surface area contributed by atoms with Gasteiger partial charge in [0.05, 0.1) is 6.54 Å². The van der Waals surface area contributed by atoms with Gasteiger partial charge in [-0.3, -0.25) is 10.0 Å². The van der Waals surface area contributed by atoms with Gasteiger partial charge >= 0.3 is 12.0 Å². The van der Waals surface area contributed by atoms with Crippen LogP contribution in [-0.2, 0) is 20.7 Å². The van der Waals surface area contributed by atoms with Crippen LogP contribution in [-0.4, -0.2) is 64.0 Å². The van der Waals surface area contributed by atoms with Gasteiger partial charge in [0.25, 0.3) is 5.91 Å². The van der Waals surface area contributed by atoms with E-state index in [2.05, 4.69) is 5.32 Å². The fourth-order valence-electron chi connectivity index (χ4n) is 3.54. The van der Waals surface area contributed by atoms with Crippen LogP contribution in [0.4, 0.5) is 4.79 Å². The first kappa shape index (κ1) is 27.1. The van der Waals surface area contributed by atoms with E-state index in [4.69, 9.17) is 9.94 Å². The zero-order valence-electron chi connectivity index (χ0n) is 20.4. The van der Waals surface area contributed by atoms with Gasteiger partial charge in [-0.05, 0) is 43.0 Å². The van der Waals surface area contributed by atoms with Gasteiger partial charge in [0, 0.05) is 13.0 Å². The van der Waals surface area contributed by atoms with Crippen molar-refractivity contribution in [3.8, 4) is 0 Å². The molecule has 0 aliphatic rings. The molecule has 9 heteroatoms. The van der Waals surface area contributed by atoms with E-state index in [0.717, 1.165) is 16.3 Å². The van der Waals surface area contributed by atoms with E-state index >= 15 is 0 Å². The number of rotatable bonds is 9. The van der Waals surface area contributed by atoms with Crippen LogP contribution in [0.1, 0.15) is 40.2 Å². The maximum atomic E-state index is 13.2. The third-order valence-corrected chi connectivity index (χ3v) is 4.97. The molecule has 0 saturated heterocycles. The molecule has 3 amide bonds. The second kappa shape index (κ2) is 11.8. The van der Waals surface area contributed by atoms with Crippen LogP contribution in [0.15, 0.2) is 42.5 Å². The first-order valence-electron chi connectivity index (χ1n) is 11.3. The number of hydroxylamine groups is 1. The molecule has 0 radical (unpaired) electrons. The second-order valence-corrected chi connectivity index (χ2v) is 9.67. The molecule has 9 nitrogen and oxygen atoms in total.